The number of ether oxygens (including phenoxy) is 1. The molecule has 1 fully saturated rings. The first-order chi connectivity index (χ1) is 6.70. The predicted molar refractivity (Wildman–Crippen MR) is 56.5 cm³/mol. The molecule has 84 valence electrons. The number of unbranched alkanes of at least 4 members (excludes halogenated alkanes) is 2. The quantitative estimate of drug-likeness (QED) is 0.546. The third-order valence-corrected chi connectivity index (χ3v) is 2.25. The van der Waals surface area contributed by atoms with Gasteiger partial charge in [0.1, 0.15) is 0 Å². The summed E-state index contributed by atoms with van der Waals surface area (Å²) >= 11 is 0. The highest BCUT2D eigenvalue weighted by molar-refractivity contribution is 5.56. The number of carbonyl (C=O) groups is 1. The molecule has 1 rings (SSSR count). The largest absolute Gasteiger partial charge is 0.505 e. The van der Waals surface area contributed by atoms with E-state index in [2.05, 4.69) is 18.6 Å². The van der Waals surface area contributed by atoms with Gasteiger partial charge >= 0.3 is 6.16 Å². The summed E-state index contributed by atoms with van der Waals surface area (Å²) in [7, 11) is 0. The second-order valence-electron chi connectivity index (χ2n) is 3.67. The molecule has 0 aromatic carbocycles. The first-order valence-corrected chi connectivity index (χ1v) is 5.56. The molecule has 1 aliphatic carbocycles. The molecule has 0 aromatic heterocycles. The lowest BCUT2D eigenvalue weighted by Crippen LogP contribution is -2.00. The Hall–Kier alpha value is -0.730. The second kappa shape index (κ2) is 8.85. The van der Waals surface area contributed by atoms with E-state index in [0.29, 0.717) is 6.61 Å². The fraction of sp³-hybridized carbons (Fsp3) is 0.909. The van der Waals surface area contributed by atoms with Crippen LogP contribution in [0.5, 0.6) is 0 Å². The van der Waals surface area contributed by atoms with Crippen LogP contribution in [0.2, 0.25) is 0 Å². The molecule has 1 aliphatic rings. The van der Waals surface area contributed by atoms with Crippen LogP contribution >= 0.6 is 0 Å². The van der Waals surface area contributed by atoms with E-state index in [1.165, 1.54) is 19.3 Å². The average Bonchev–Trinajstić information content (AvgIpc) is 2.96. The van der Waals surface area contributed by atoms with Crippen LogP contribution in [0.1, 0.15) is 52.4 Å². The maximum atomic E-state index is 9.74. The molecule has 0 amide bonds. The van der Waals surface area contributed by atoms with Gasteiger partial charge in [0.25, 0.3) is 0 Å². The summed E-state index contributed by atoms with van der Waals surface area (Å²) in [6, 6.07) is 0. The van der Waals surface area contributed by atoms with E-state index in [1.807, 2.05) is 0 Å². The van der Waals surface area contributed by atoms with Crippen molar-refractivity contribution < 1.29 is 14.6 Å². The molecule has 3 heteroatoms. The predicted octanol–water partition coefficient (Wildman–Crippen LogP) is 3.68. The van der Waals surface area contributed by atoms with E-state index < -0.39 is 6.16 Å². The van der Waals surface area contributed by atoms with Crippen molar-refractivity contribution in [3.8, 4) is 0 Å². The molecule has 3 nitrogen and oxygen atoms in total. The van der Waals surface area contributed by atoms with Crippen molar-refractivity contribution in [3.63, 3.8) is 0 Å². The van der Waals surface area contributed by atoms with Crippen molar-refractivity contribution in [2.75, 3.05) is 6.61 Å². The first kappa shape index (κ1) is 13.3. The molecule has 1 saturated carbocycles. The Morgan fingerprint density at radius 3 is 2.29 bits per heavy atom. The van der Waals surface area contributed by atoms with Crippen molar-refractivity contribution in [3.05, 3.63) is 0 Å². The molecular weight excluding hydrogens is 180 g/mol. The second-order valence-corrected chi connectivity index (χ2v) is 3.67. The molecule has 0 aromatic rings. The number of hydrogen-bond donors (Lipinski definition) is 1. The average molecular weight is 202 g/mol. The zero-order valence-electron chi connectivity index (χ0n) is 9.29. The Kier molecular flexibility index (Phi) is 8.39. The van der Waals surface area contributed by atoms with Gasteiger partial charge in [-0.2, -0.15) is 0 Å². The Morgan fingerprint density at radius 2 is 2.00 bits per heavy atom. The standard InChI is InChI=1S/C6H12O3.C5H10/c1-2-3-4-5-9-6(7)8;1-2-5-3-4-5/h2-5H2,1H3,(H,7,8);5H,2-4H2,1H3. The molecule has 0 aliphatic heterocycles. The van der Waals surface area contributed by atoms with Gasteiger partial charge in [-0.3, -0.25) is 0 Å². The summed E-state index contributed by atoms with van der Waals surface area (Å²) in [6.45, 7) is 4.65. The normalized spacial score (nSPS) is 14.1. The Labute approximate surface area is 86.5 Å². The van der Waals surface area contributed by atoms with Crippen molar-refractivity contribution in [2.24, 2.45) is 5.92 Å². The Morgan fingerprint density at radius 1 is 1.36 bits per heavy atom. The summed E-state index contributed by atoms with van der Waals surface area (Å²) in [5.74, 6) is 1.13. The lowest BCUT2D eigenvalue weighted by molar-refractivity contribution is 0.0901. The topological polar surface area (TPSA) is 46.5 Å². The molecule has 0 saturated heterocycles. The highest BCUT2D eigenvalue weighted by Gasteiger charge is 2.17. The SMILES string of the molecule is CCC1CC1.CCCCCOC(=O)O. The van der Waals surface area contributed by atoms with Crippen LogP contribution in [-0.4, -0.2) is 17.9 Å². The monoisotopic (exact) mass is 202 g/mol. The summed E-state index contributed by atoms with van der Waals surface area (Å²) in [5, 5.41) is 7.99. The van der Waals surface area contributed by atoms with Crippen LogP contribution < -0.4 is 0 Å². The lowest BCUT2D eigenvalue weighted by atomic mass is 10.3. The van der Waals surface area contributed by atoms with Crippen LogP contribution in [0.15, 0.2) is 0 Å². The maximum Gasteiger partial charge on any atom is 0.505 e. The van der Waals surface area contributed by atoms with Gasteiger partial charge in [-0.15, -0.1) is 0 Å². The number of rotatable bonds is 5. The van der Waals surface area contributed by atoms with Gasteiger partial charge in [0.2, 0.25) is 0 Å². The number of hydrogen-bond acceptors (Lipinski definition) is 2. The summed E-state index contributed by atoms with van der Waals surface area (Å²) in [5.41, 5.74) is 0. The van der Waals surface area contributed by atoms with E-state index in [4.69, 9.17) is 5.11 Å². The molecule has 0 spiro atoms. The van der Waals surface area contributed by atoms with Crippen LogP contribution in [0, 0.1) is 5.92 Å². The molecule has 1 N–H and O–H groups in total. The third kappa shape index (κ3) is 11.3. The van der Waals surface area contributed by atoms with Gasteiger partial charge in [0.15, 0.2) is 0 Å². The van der Waals surface area contributed by atoms with Crippen molar-refractivity contribution in [1.82, 2.24) is 0 Å². The molecule has 0 heterocycles. The highest BCUT2D eigenvalue weighted by atomic mass is 16.7. The van der Waals surface area contributed by atoms with Gasteiger partial charge in [0.05, 0.1) is 6.61 Å². The molecule has 14 heavy (non-hydrogen) atoms. The zero-order valence-corrected chi connectivity index (χ0v) is 9.29. The number of carboxylic acid groups (broad SMARTS) is 1. The van der Waals surface area contributed by atoms with Gasteiger partial charge in [0, 0.05) is 0 Å². The molecule has 0 bridgehead atoms. The smallest absolute Gasteiger partial charge is 0.450 e. The third-order valence-electron chi connectivity index (χ3n) is 2.25. The van der Waals surface area contributed by atoms with Gasteiger partial charge in [-0.1, -0.05) is 46.0 Å². The van der Waals surface area contributed by atoms with Crippen LogP contribution in [0.4, 0.5) is 4.79 Å². The highest BCUT2D eigenvalue weighted by Crippen LogP contribution is 2.31. The van der Waals surface area contributed by atoms with Crippen LogP contribution in [0.25, 0.3) is 0 Å². The van der Waals surface area contributed by atoms with Crippen molar-refractivity contribution in [1.29, 1.82) is 0 Å². The van der Waals surface area contributed by atoms with E-state index in [-0.39, 0.29) is 0 Å². The lowest BCUT2D eigenvalue weighted by Gasteiger charge is -1.96. The van der Waals surface area contributed by atoms with Crippen molar-refractivity contribution in [2.45, 2.75) is 52.4 Å². The van der Waals surface area contributed by atoms with Crippen LogP contribution in [0.3, 0.4) is 0 Å². The van der Waals surface area contributed by atoms with E-state index >= 15 is 0 Å². The fourth-order valence-corrected chi connectivity index (χ4v) is 1.04. The van der Waals surface area contributed by atoms with E-state index in [1.54, 1.807) is 0 Å². The van der Waals surface area contributed by atoms with Gasteiger partial charge < -0.3 is 9.84 Å². The van der Waals surface area contributed by atoms with Gasteiger partial charge in [-0.05, 0) is 12.3 Å². The van der Waals surface area contributed by atoms with Gasteiger partial charge in [-0.25, -0.2) is 4.79 Å². The van der Waals surface area contributed by atoms with Crippen molar-refractivity contribution >= 4 is 6.16 Å². The molecule has 0 atom stereocenters. The molecular formula is C11H22O3. The summed E-state index contributed by atoms with van der Waals surface area (Å²) in [4.78, 5) is 9.74. The van der Waals surface area contributed by atoms with E-state index in [9.17, 15) is 4.79 Å². The maximum absolute atomic E-state index is 9.74. The minimum absolute atomic E-state index is 0.336. The first-order valence-electron chi connectivity index (χ1n) is 5.56. The molecule has 0 unspecified atom stereocenters. The molecule has 0 radical (unpaired) electrons. The fourth-order valence-electron chi connectivity index (χ4n) is 1.04. The summed E-state index contributed by atoms with van der Waals surface area (Å²) < 4.78 is 4.26. The van der Waals surface area contributed by atoms with Crippen LogP contribution in [-0.2, 0) is 4.74 Å². The Bertz CT molecular complexity index is 141. The minimum atomic E-state index is -1.17. The summed E-state index contributed by atoms with van der Waals surface area (Å²) in [6.07, 6.45) is 6.22. The zero-order chi connectivity index (χ0) is 10.8. The minimum Gasteiger partial charge on any atom is -0.450 e. The van der Waals surface area contributed by atoms with E-state index in [0.717, 1.165) is 25.2 Å². The Balaban J connectivity index is 0.000000280.